The minimum atomic E-state index is 0.0619. The molecule has 0 saturated heterocycles. The Hall–Kier alpha value is -2.04. The van der Waals surface area contributed by atoms with Crippen LogP contribution in [0.25, 0.3) is 0 Å². The summed E-state index contributed by atoms with van der Waals surface area (Å²) in [6.07, 6.45) is 3.86. The maximum atomic E-state index is 11.6. The zero-order chi connectivity index (χ0) is 15.8. The van der Waals surface area contributed by atoms with Crippen molar-refractivity contribution in [3.8, 4) is 0 Å². The normalized spacial score (nSPS) is 14.5. The van der Waals surface area contributed by atoms with Gasteiger partial charge in [0.2, 0.25) is 5.91 Å². The predicted molar refractivity (Wildman–Crippen MR) is 91.0 cm³/mol. The van der Waals surface area contributed by atoms with E-state index in [1.165, 1.54) is 12.8 Å². The maximum absolute atomic E-state index is 11.6. The molecule has 0 radical (unpaired) electrons. The van der Waals surface area contributed by atoms with E-state index in [1.807, 2.05) is 31.2 Å². The van der Waals surface area contributed by atoms with Crippen molar-refractivity contribution in [1.82, 2.24) is 10.6 Å². The molecule has 0 unspecified atom stereocenters. The molecule has 0 aliphatic heterocycles. The number of hydrogen-bond donors (Lipinski definition) is 3. The summed E-state index contributed by atoms with van der Waals surface area (Å²) in [5, 5.41) is 9.57. The van der Waals surface area contributed by atoms with Crippen LogP contribution in [0, 0.1) is 0 Å². The summed E-state index contributed by atoms with van der Waals surface area (Å²) in [7, 11) is 0. The SMILES string of the molecule is CCCC(=O)Nc1cccc(CN=C(NCC)NC2CC2)c1. The van der Waals surface area contributed by atoms with E-state index in [0.717, 1.165) is 30.2 Å². The molecular weight excluding hydrogens is 276 g/mol. The number of nitrogens with zero attached hydrogens (tertiary/aromatic N) is 1. The number of nitrogens with one attached hydrogen (secondary N) is 3. The number of rotatable bonds is 7. The van der Waals surface area contributed by atoms with E-state index in [9.17, 15) is 4.79 Å². The third-order valence-corrected chi connectivity index (χ3v) is 3.37. The highest BCUT2D eigenvalue weighted by Gasteiger charge is 2.21. The molecule has 3 N–H and O–H groups in total. The summed E-state index contributed by atoms with van der Waals surface area (Å²) in [6.45, 7) is 5.51. The average Bonchev–Trinajstić information content (AvgIpc) is 3.30. The topological polar surface area (TPSA) is 65.5 Å². The monoisotopic (exact) mass is 302 g/mol. The highest BCUT2D eigenvalue weighted by atomic mass is 16.1. The van der Waals surface area contributed by atoms with Gasteiger partial charge in [-0.25, -0.2) is 4.99 Å². The molecule has 1 aliphatic carbocycles. The number of hydrogen-bond acceptors (Lipinski definition) is 2. The van der Waals surface area contributed by atoms with Crippen LogP contribution in [0.1, 0.15) is 45.1 Å². The third-order valence-electron chi connectivity index (χ3n) is 3.37. The van der Waals surface area contributed by atoms with Crippen molar-refractivity contribution in [3.63, 3.8) is 0 Å². The summed E-state index contributed by atoms with van der Waals surface area (Å²) in [5.41, 5.74) is 1.92. The molecule has 1 fully saturated rings. The van der Waals surface area contributed by atoms with Crippen LogP contribution in [0.3, 0.4) is 0 Å². The van der Waals surface area contributed by atoms with E-state index >= 15 is 0 Å². The van der Waals surface area contributed by atoms with Gasteiger partial charge in [-0.3, -0.25) is 4.79 Å². The standard InChI is InChI=1S/C17H26N4O/c1-3-6-16(22)20-15-8-5-7-13(11-15)12-19-17(18-4-2)21-14-9-10-14/h5,7-8,11,14H,3-4,6,9-10,12H2,1-2H3,(H,20,22)(H2,18,19,21). The second-order valence-corrected chi connectivity index (χ2v) is 5.61. The van der Waals surface area contributed by atoms with Crippen LogP contribution in [0.4, 0.5) is 5.69 Å². The van der Waals surface area contributed by atoms with Crippen molar-refractivity contribution < 1.29 is 4.79 Å². The lowest BCUT2D eigenvalue weighted by Gasteiger charge is -2.10. The average molecular weight is 302 g/mol. The molecular formula is C17H26N4O. The highest BCUT2D eigenvalue weighted by molar-refractivity contribution is 5.90. The number of amides is 1. The van der Waals surface area contributed by atoms with Gasteiger partial charge >= 0.3 is 0 Å². The van der Waals surface area contributed by atoms with E-state index in [4.69, 9.17) is 0 Å². The summed E-state index contributed by atoms with van der Waals surface area (Å²) >= 11 is 0. The van der Waals surface area contributed by atoms with E-state index in [0.29, 0.717) is 19.0 Å². The van der Waals surface area contributed by atoms with E-state index < -0.39 is 0 Å². The number of aliphatic imine (C=N–C) groups is 1. The number of carbonyl (C=O) groups excluding carboxylic acids is 1. The van der Waals surface area contributed by atoms with Crippen molar-refractivity contribution in [2.75, 3.05) is 11.9 Å². The van der Waals surface area contributed by atoms with Gasteiger partial charge in [0.05, 0.1) is 6.54 Å². The molecule has 120 valence electrons. The molecule has 1 saturated carbocycles. The first-order valence-electron chi connectivity index (χ1n) is 8.15. The Kier molecular flexibility index (Phi) is 6.25. The summed E-state index contributed by atoms with van der Waals surface area (Å²) in [4.78, 5) is 16.2. The van der Waals surface area contributed by atoms with Gasteiger partial charge in [0, 0.05) is 24.7 Å². The van der Waals surface area contributed by atoms with Crippen LogP contribution < -0.4 is 16.0 Å². The number of guanidine groups is 1. The molecule has 1 amide bonds. The smallest absolute Gasteiger partial charge is 0.224 e. The Bertz CT molecular complexity index is 523. The van der Waals surface area contributed by atoms with Crippen LogP contribution in [0.2, 0.25) is 0 Å². The maximum Gasteiger partial charge on any atom is 0.224 e. The molecule has 5 nitrogen and oxygen atoms in total. The lowest BCUT2D eigenvalue weighted by Crippen LogP contribution is -2.38. The van der Waals surface area contributed by atoms with Gasteiger partial charge in [-0.05, 0) is 43.9 Å². The summed E-state index contributed by atoms with van der Waals surface area (Å²) in [6, 6.07) is 8.46. The number of anilines is 1. The van der Waals surface area contributed by atoms with E-state index in [-0.39, 0.29) is 5.91 Å². The molecule has 1 aliphatic rings. The Morgan fingerprint density at radius 3 is 2.82 bits per heavy atom. The van der Waals surface area contributed by atoms with Gasteiger partial charge in [-0.15, -0.1) is 0 Å². The lowest BCUT2D eigenvalue weighted by molar-refractivity contribution is -0.116. The lowest BCUT2D eigenvalue weighted by atomic mass is 10.2. The summed E-state index contributed by atoms with van der Waals surface area (Å²) in [5.74, 6) is 0.928. The largest absolute Gasteiger partial charge is 0.357 e. The van der Waals surface area contributed by atoms with Crippen LogP contribution in [0.15, 0.2) is 29.3 Å². The Morgan fingerprint density at radius 2 is 2.14 bits per heavy atom. The summed E-state index contributed by atoms with van der Waals surface area (Å²) < 4.78 is 0. The van der Waals surface area contributed by atoms with Crippen molar-refractivity contribution >= 4 is 17.6 Å². The first-order chi connectivity index (χ1) is 10.7. The minimum absolute atomic E-state index is 0.0619. The van der Waals surface area contributed by atoms with E-state index in [2.05, 4.69) is 27.9 Å². The molecule has 1 aromatic rings. The fraction of sp³-hybridized carbons (Fsp3) is 0.529. The van der Waals surface area contributed by atoms with Crippen LogP contribution in [-0.4, -0.2) is 24.5 Å². The molecule has 1 aromatic carbocycles. The minimum Gasteiger partial charge on any atom is -0.357 e. The van der Waals surface area contributed by atoms with Gasteiger partial charge < -0.3 is 16.0 Å². The number of benzene rings is 1. The van der Waals surface area contributed by atoms with Crippen LogP contribution in [0.5, 0.6) is 0 Å². The Labute approximate surface area is 132 Å². The van der Waals surface area contributed by atoms with Gasteiger partial charge in [0.25, 0.3) is 0 Å². The molecule has 0 bridgehead atoms. The van der Waals surface area contributed by atoms with Crippen molar-refractivity contribution in [2.45, 2.75) is 52.1 Å². The Morgan fingerprint density at radius 1 is 1.32 bits per heavy atom. The second-order valence-electron chi connectivity index (χ2n) is 5.61. The van der Waals surface area contributed by atoms with Gasteiger partial charge in [0.1, 0.15) is 0 Å². The van der Waals surface area contributed by atoms with Crippen LogP contribution in [-0.2, 0) is 11.3 Å². The quantitative estimate of drug-likeness (QED) is 0.536. The zero-order valence-corrected chi connectivity index (χ0v) is 13.5. The second kappa shape index (κ2) is 8.41. The van der Waals surface area contributed by atoms with Gasteiger partial charge in [0.15, 0.2) is 5.96 Å². The molecule has 0 atom stereocenters. The van der Waals surface area contributed by atoms with E-state index in [1.54, 1.807) is 0 Å². The van der Waals surface area contributed by atoms with Crippen LogP contribution >= 0.6 is 0 Å². The molecule has 5 heteroatoms. The molecule has 0 aromatic heterocycles. The molecule has 22 heavy (non-hydrogen) atoms. The highest BCUT2D eigenvalue weighted by Crippen LogP contribution is 2.18. The number of carbonyl (C=O) groups is 1. The van der Waals surface area contributed by atoms with Crippen molar-refractivity contribution in [1.29, 1.82) is 0 Å². The molecule has 0 heterocycles. The predicted octanol–water partition coefficient (Wildman–Crippen LogP) is 2.64. The first-order valence-corrected chi connectivity index (χ1v) is 8.15. The van der Waals surface area contributed by atoms with Gasteiger partial charge in [-0.2, -0.15) is 0 Å². The van der Waals surface area contributed by atoms with Crippen molar-refractivity contribution in [3.05, 3.63) is 29.8 Å². The van der Waals surface area contributed by atoms with Gasteiger partial charge in [-0.1, -0.05) is 19.1 Å². The fourth-order valence-electron chi connectivity index (χ4n) is 2.11. The fourth-order valence-corrected chi connectivity index (χ4v) is 2.11. The third kappa shape index (κ3) is 5.76. The Balaban J connectivity index is 1.94. The zero-order valence-electron chi connectivity index (χ0n) is 13.5. The first kappa shape index (κ1) is 16.3. The molecule has 0 spiro atoms. The molecule has 2 rings (SSSR count). The van der Waals surface area contributed by atoms with Crippen molar-refractivity contribution in [2.24, 2.45) is 4.99 Å².